The van der Waals surface area contributed by atoms with Gasteiger partial charge in [0.2, 0.25) is 0 Å². The number of thioether (sulfide) groups is 1. The number of carbonyl (C=O) groups excluding carboxylic acids is 3. The lowest BCUT2D eigenvalue weighted by atomic mass is 9.98. The molecular weight excluding hydrogens is 430 g/mol. The third kappa shape index (κ3) is 6.50. The average molecular weight is 458 g/mol. The van der Waals surface area contributed by atoms with Crippen molar-refractivity contribution in [3.8, 4) is 11.1 Å². The zero-order chi connectivity index (χ0) is 22.8. The molecule has 0 radical (unpaired) electrons. The zero-order valence-electron chi connectivity index (χ0n) is 18.0. The van der Waals surface area contributed by atoms with E-state index in [9.17, 15) is 14.4 Å². The summed E-state index contributed by atoms with van der Waals surface area (Å²) in [5.74, 6) is 0.00833. The topological polar surface area (TPSA) is 90.9 Å². The van der Waals surface area contributed by atoms with Gasteiger partial charge in [-0.3, -0.25) is 9.59 Å². The first-order valence-electron chi connectivity index (χ1n) is 10.6. The molecule has 7 nitrogen and oxygen atoms in total. The minimum atomic E-state index is -0.548. The summed E-state index contributed by atoms with van der Waals surface area (Å²) in [6.45, 7) is 2.55. The minimum Gasteiger partial charge on any atom is -0.465 e. The molecule has 170 valence electrons. The van der Waals surface area contributed by atoms with Crippen molar-refractivity contribution < 1.29 is 28.6 Å². The van der Waals surface area contributed by atoms with Gasteiger partial charge in [-0.15, -0.1) is 11.8 Å². The monoisotopic (exact) mass is 457 g/mol. The standard InChI is InChI=1S/C24H27NO6S/c1-2-29-23(27)16-32-14-11-22(26)30-13-12-25-24(28)31-15-21-19-9-5-3-7-17(19)18-8-4-6-10-20(18)21/h3-10,21H,2,11-16H2,1H3,(H,25,28). The van der Waals surface area contributed by atoms with Crippen LogP contribution in [0, 0.1) is 0 Å². The van der Waals surface area contributed by atoms with Gasteiger partial charge >= 0.3 is 18.0 Å². The quantitative estimate of drug-likeness (QED) is 0.312. The second kappa shape index (κ2) is 12.1. The van der Waals surface area contributed by atoms with Gasteiger partial charge in [0.25, 0.3) is 0 Å². The summed E-state index contributed by atoms with van der Waals surface area (Å²) in [5.41, 5.74) is 4.64. The van der Waals surface area contributed by atoms with Gasteiger partial charge in [-0.2, -0.15) is 0 Å². The molecule has 8 heteroatoms. The molecule has 3 rings (SSSR count). The van der Waals surface area contributed by atoms with Crippen LogP contribution in [0.1, 0.15) is 30.4 Å². The van der Waals surface area contributed by atoms with E-state index in [-0.39, 0.29) is 49.8 Å². The highest BCUT2D eigenvalue weighted by Crippen LogP contribution is 2.44. The molecule has 0 aromatic heterocycles. The summed E-state index contributed by atoms with van der Waals surface area (Å²) < 4.78 is 15.3. The molecule has 0 heterocycles. The Morgan fingerprint density at radius 2 is 1.56 bits per heavy atom. The first kappa shape index (κ1) is 23.7. The molecule has 0 aliphatic heterocycles. The number of fused-ring (bicyclic) bond motifs is 3. The Morgan fingerprint density at radius 1 is 0.906 bits per heavy atom. The smallest absolute Gasteiger partial charge is 0.407 e. The maximum Gasteiger partial charge on any atom is 0.407 e. The van der Waals surface area contributed by atoms with E-state index in [1.165, 1.54) is 22.9 Å². The normalized spacial score (nSPS) is 11.9. The molecule has 0 unspecified atom stereocenters. The number of ether oxygens (including phenoxy) is 3. The Morgan fingerprint density at radius 3 is 2.22 bits per heavy atom. The largest absolute Gasteiger partial charge is 0.465 e. The summed E-state index contributed by atoms with van der Waals surface area (Å²) in [7, 11) is 0. The fourth-order valence-corrected chi connectivity index (χ4v) is 4.26. The van der Waals surface area contributed by atoms with Gasteiger partial charge in [0.1, 0.15) is 13.2 Å². The Bertz CT molecular complexity index is 902. The third-order valence-corrected chi connectivity index (χ3v) is 5.89. The minimum absolute atomic E-state index is 0.00177. The van der Waals surface area contributed by atoms with E-state index in [1.807, 2.05) is 24.3 Å². The average Bonchev–Trinajstić information content (AvgIpc) is 3.12. The fraction of sp³-hybridized carbons (Fsp3) is 0.375. The van der Waals surface area contributed by atoms with E-state index < -0.39 is 6.09 Å². The van der Waals surface area contributed by atoms with E-state index in [1.54, 1.807) is 6.92 Å². The Kier molecular flexibility index (Phi) is 8.98. The third-order valence-electron chi connectivity index (χ3n) is 4.95. The highest BCUT2D eigenvalue weighted by molar-refractivity contribution is 7.99. The van der Waals surface area contributed by atoms with Gasteiger partial charge in [0, 0.05) is 11.7 Å². The van der Waals surface area contributed by atoms with E-state index >= 15 is 0 Å². The van der Waals surface area contributed by atoms with E-state index in [0.717, 1.165) is 11.1 Å². The number of esters is 2. The molecule has 0 atom stereocenters. The van der Waals surface area contributed by atoms with Crippen molar-refractivity contribution in [2.75, 3.05) is 37.9 Å². The van der Waals surface area contributed by atoms with E-state index in [4.69, 9.17) is 14.2 Å². The van der Waals surface area contributed by atoms with Crippen LogP contribution in [0.25, 0.3) is 11.1 Å². The van der Waals surface area contributed by atoms with Crippen LogP contribution in [0.15, 0.2) is 48.5 Å². The number of carbonyl (C=O) groups is 3. The molecule has 0 saturated heterocycles. The van der Waals surface area contributed by atoms with Gasteiger partial charge < -0.3 is 19.5 Å². The van der Waals surface area contributed by atoms with Crippen LogP contribution in [0.3, 0.4) is 0 Å². The molecule has 0 fully saturated rings. The highest BCUT2D eigenvalue weighted by Gasteiger charge is 2.28. The van der Waals surface area contributed by atoms with Crippen molar-refractivity contribution in [1.82, 2.24) is 5.32 Å². The molecule has 0 bridgehead atoms. The van der Waals surface area contributed by atoms with Gasteiger partial charge in [0.15, 0.2) is 0 Å². The van der Waals surface area contributed by atoms with Crippen LogP contribution < -0.4 is 5.32 Å². The Hall–Kier alpha value is -3.00. The van der Waals surface area contributed by atoms with Crippen molar-refractivity contribution in [2.45, 2.75) is 19.3 Å². The van der Waals surface area contributed by atoms with Crippen LogP contribution in [0.2, 0.25) is 0 Å². The SMILES string of the molecule is CCOC(=O)CSCCC(=O)OCCNC(=O)OCC1c2ccccc2-c2ccccc21. The molecule has 2 aromatic rings. The van der Waals surface area contributed by atoms with Crippen LogP contribution >= 0.6 is 11.8 Å². The summed E-state index contributed by atoms with van der Waals surface area (Å²) >= 11 is 1.32. The van der Waals surface area contributed by atoms with E-state index in [2.05, 4.69) is 29.6 Å². The number of alkyl carbamates (subject to hydrolysis) is 1. The van der Waals surface area contributed by atoms with Gasteiger partial charge in [-0.1, -0.05) is 48.5 Å². The predicted molar refractivity (Wildman–Crippen MR) is 123 cm³/mol. The van der Waals surface area contributed by atoms with Crippen molar-refractivity contribution in [3.05, 3.63) is 59.7 Å². The molecule has 1 aliphatic rings. The van der Waals surface area contributed by atoms with Crippen molar-refractivity contribution >= 4 is 29.8 Å². The molecular formula is C24H27NO6S. The number of benzene rings is 2. The fourth-order valence-electron chi connectivity index (χ4n) is 3.55. The predicted octanol–water partition coefficient (Wildman–Crippen LogP) is 3.75. The van der Waals surface area contributed by atoms with Crippen molar-refractivity contribution in [1.29, 1.82) is 0 Å². The second-order valence-corrected chi connectivity index (χ2v) is 8.19. The molecule has 0 spiro atoms. The van der Waals surface area contributed by atoms with Crippen molar-refractivity contribution in [3.63, 3.8) is 0 Å². The molecule has 32 heavy (non-hydrogen) atoms. The van der Waals surface area contributed by atoms with Crippen LogP contribution in [-0.4, -0.2) is 55.9 Å². The number of rotatable bonds is 11. The van der Waals surface area contributed by atoms with Crippen LogP contribution in [-0.2, 0) is 23.8 Å². The first-order valence-corrected chi connectivity index (χ1v) is 11.7. The summed E-state index contributed by atoms with van der Waals surface area (Å²) in [6.07, 6.45) is -0.359. The maximum absolute atomic E-state index is 12.1. The van der Waals surface area contributed by atoms with Gasteiger partial charge in [-0.05, 0) is 29.2 Å². The first-order chi connectivity index (χ1) is 15.6. The number of hydrogen-bond donors (Lipinski definition) is 1. The number of amides is 1. The number of hydrogen-bond acceptors (Lipinski definition) is 7. The van der Waals surface area contributed by atoms with E-state index in [0.29, 0.717) is 12.4 Å². The summed E-state index contributed by atoms with van der Waals surface area (Å²) in [5, 5.41) is 2.60. The lowest BCUT2D eigenvalue weighted by molar-refractivity contribution is -0.143. The lowest BCUT2D eigenvalue weighted by Crippen LogP contribution is -2.29. The van der Waals surface area contributed by atoms with Crippen LogP contribution in [0.4, 0.5) is 4.79 Å². The maximum atomic E-state index is 12.1. The molecule has 1 N–H and O–H groups in total. The molecule has 0 saturated carbocycles. The summed E-state index contributed by atoms with van der Waals surface area (Å²) in [6, 6.07) is 16.3. The summed E-state index contributed by atoms with van der Waals surface area (Å²) in [4.78, 5) is 35.0. The van der Waals surface area contributed by atoms with Crippen LogP contribution in [0.5, 0.6) is 0 Å². The van der Waals surface area contributed by atoms with Gasteiger partial charge in [-0.25, -0.2) is 4.79 Å². The number of nitrogens with one attached hydrogen (secondary N) is 1. The molecule has 1 aliphatic carbocycles. The zero-order valence-corrected chi connectivity index (χ0v) is 18.8. The van der Waals surface area contributed by atoms with Crippen molar-refractivity contribution in [2.24, 2.45) is 0 Å². The second-order valence-electron chi connectivity index (χ2n) is 7.08. The highest BCUT2D eigenvalue weighted by atomic mass is 32.2. The molecule has 2 aromatic carbocycles. The molecule has 1 amide bonds. The Labute approximate surface area is 191 Å². The van der Waals surface area contributed by atoms with Gasteiger partial charge in [0.05, 0.1) is 25.3 Å². The lowest BCUT2D eigenvalue weighted by Gasteiger charge is -2.14. The Balaban J connectivity index is 1.32.